The third kappa shape index (κ3) is 2.12. The van der Waals surface area contributed by atoms with Gasteiger partial charge in [0.05, 0.1) is 6.61 Å². The van der Waals surface area contributed by atoms with Gasteiger partial charge in [0, 0.05) is 5.41 Å². The quantitative estimate of drug-likeness (QED) is 0.549. The zero-order valence-corrected chi connectivity index (χ0v) is 10.8. The van der Waals surface area contributed by atoms with E-state index >= 15 is 0 Å². The molecule has 2 rings (SSSR count). The third-order valence-corrected chi connectivity index (χ3v) is 4.55. The summed E-state index contributed by atoms with van der Waals surface area (Å²) in [6.07, 6.45) is 6.19. The molecule has 1 spiro atoms. The summed E-state index contributed by atoms with van der Waals surface area (Å²) in [4.78, 5) is 24.5. The maximum atomic E-state index is 12.6. The molecular formula is C14H22O3. The van der Waals surface area contributed by atoms with E-state index < -0.39 is 5.92 Å². The van der Waals surface area contributed by atoms with Crippen LogP contribution < -0.4 is 0 Å². The average Bonchev–Trinajstić information content (AvgIpc) is 2.75. The highest BCUT2D eigenvalue weighted by atomic mass is 16.5. The van der Waals surface area contributed by atoms with E-state index in [0.29, 0.717) is 6.61 Å². The summed E-state index contributed by atoms with van der Waals surface area (Å²) in [5.74, 6) is -0.474. The van der Waals surface area contributed by atoms with Crippen molar-refractivity contribution in [2.24, 2.45) is 17.3 Å². The highest BCUT2D eigenvalue weighted by Gasteiger charge is 2.51. The predicted molar refractivity (Wildman–Crippen MR) is 64.4 cm³/mol. The number of ether oxygens (including phenoxy) is 1. The lowest BCUT2D eigenvalue weighted by Gasteiger charge is -2.38. The number of esters is 1. The first-order valence-electron chi connectivity index (χ1n) is 6.82. The minimum Gasteiger partial charge on any atom is -0.465 e. The molecule has 0 unspecified atom stereocenters. The first-order valence-corrected chi connectivity index (χ1v) is 6.82. The highest BCUT2D eigenvalue weighted by molar-refractivity contribution is 6.03. The molecule has 0 radical (unpaired) electrons. The number of ketones is 1. The van der Waals surface area contributed by atoms with Crippen LogP contribution in [0.3, 0.4) is 0 Å². The van der Waals surface area contributed by atoms with Crippen LogP contribution in [0.25, 0.3) is 0 Å². The van der Waals surface area contributed by atoms with Crippen molar-refractivity contribution in [1.29, 1.82) is 0 Å². The maximum absolute atomic E-state index is 12.6. The van der Waals surface area contributed by atoms with Crippen molar-refractivity contribution in [1.82, 2.24) is 0 Å². The first kappa shape index (κ1) is 12.6. The molecule has 2 saturated carbocycles. The van der Waals surface area contributed by atoms with Crippen molar-refractivity contribution < 1.29 is 14.3 Å². The molecule has 0 heterocycles. The van der Waals surface area contributed by atoms with Crippen LogP contribution in [0.4, 0.5) is 0 Å². The van der Waals surface area contributed by atoms with Crippen LogP contribution >= 0.6 is 0 Å². The van der Waals surface area contributed by atoms with Crippen LogP contribution in [0.5, 0.6) is 0 Å². The molecule has 3 heteroatoms. The van der Waals surface area contributed by atoms with Crippen molar-refractivity contribution in [3.8, 4) is 0 Å². The second-order valence-electron chi connectivity index (χ2n) is 5.60. The van der Waals surface area contributed by atoms with Gasteiger partial charge in [0.2, 0.25) is 0 Å². The van der Waals surface area contributed by atoms with E-state index in [2.05, 4.69) is 0 Å². The molecule has 17 heavy (non-hydrogen) atoms. The Morgan fingerprint density at radius 3 is 2.59 bits per heavy atom. The molecule has 0 aliphatic heterocycles. The number of carbonyl (C=O) groups is 2. The molecule has 3 nitrogen and oxygen atoms in total. The van der Waals surface area contributed by atoms with Crippen LogP contribution in [0.2, 0.25) is 0 Å². The Morgan fingerprint density at radius 1 is 1.35 bits per heavy atom. The fourth-order valence-corrected chi connectivity index (χ4v) is 3.50. The highest BCUT2D eigenvalue weighted by Crippen LogP contribution is 2.50. The van der Waals surface area contributed by atoms with Crippen LogP contribution in [0, 0.1) is 17.3 Å². The van der Waals surface area contributed by atoms with Crippen LogP contribution in [-0.2, 0) is 14.3 Å². The Morgan fingerprint density at radius 2 is 2.00 bits per heavy atom. The number of Topliss-reactive ketones (excluding diaryl/α,β-unsaturated/α-hetero) is 1. The lowest BCUT2D eigenvalue weighted by molar-refractivity contribution is -0.159. The molecule has 0 amide bonds. The van der Waals surface area contributed by atoms with Gasteiger partial charge in [-0.3, -0.25) is 9.59 Å². The molecule has 0 bridgehead atoms. The summed E-state index contributed by atoms with van der Waals surface area (Å²) in [5.41, 5.74) is -0.177. The van der Waals surface area contributed by atoms with Crippen LogP contribution in [-0.4, -0.2) is 18.4 Å². The lowest BCUT2D eigenvalue weighted by atomic mass is 9.64. The maximum Gasteiger partial charge on any atom is 0.316 e. The van der Waals surface area contributed by atoms with Gasteiger partial charge in [-0.05, 0) is 38.5 Å². The minimum absolute atomic E-state index is 0.146. The van der Waals surface area contributed by atoms with Gasteiger partial charge >= 0.3 is 5.97 Å². The Hall–Kier alpha value is -0.860. The molecular weight excluding hydrogens is 216 g/mol. The van der Waals surface area contributed by atoms with Gasteiger partial charge in [-0.15, -0.1) is 0 Å². The van der Waals surface area contributed by atoms with E-state index in [-0.39, 0.29) is 23.1 Å². The topological polar surface area (TPSA) is 43.4 Å². The fourth-order valence-electron chi connectivity index (χ4n) is 3.50. The van der Waals surface area contributed by atoms with Gasteiger partial charge in [-0.25, -0.2) is 0 Å². The van der Waals surface area contributed by atoms with Crippen molar-refractivity contribution in [2.75, 3.05) is 6.61 Å². The molecule has 0 N–H and O–H groups in total. The summed E-state index contributed by atoms with van der Waals surface area (Å²) in [6.45, 7) is 4.16. The number of rotatable bonds is 2. The van der Waals surface area contributed by atoms with E-state index in [0.717, 1.165) is 38.5 Å². The van der Waals surface area contributed by atoms with Gasteiger partial charge in [-0.1, -0.05) is 19.8 Å². The Labute approximate surface area is 103 Å². The summed E-state index contributed by atoms with van der Waals surface area (Å²) in [6, 6.07) is 0. The standard InChI is InChI=1S/C14H22O3/c1-3-17-13(16)11-10(2)6-9-14(12(11)15)7-4-5-8-14/h10-11H,3-9H2,1-2H3/t10-,11-/m0/s1. The minimum atomic E-state index is -0.498. The second kappa shape index (κ2) is 4.79. The van der Waals surface area contributed by atoms with E-state index in [9.17, 15) is 9.59 Å². The summed E-state index contributed by atoms with van der Waals surface area (Å²) in [7, 11) is 0. The zero-order chi connectivity index (χ0) is 12.5. The predicted octanol–water partition coefficient (Wildman–Crippen LogP) is 2.73. The summed E-state index contributed by atoms with van der Waals surface area (Å²) < 4.78 is 5.07. The van der Waals surface area contributed by atoms with Gasteiger partial charge < -0.3 is 4.74 Å². The smallest absolute Gasteiger partial charge is 0.316 e. The van der Waals surface area contributed by atoms with Crippen molar-refractivity contribution in [2.45, 2.75) is 52.4 Å². The molecule has 2 atom stereocenters. The summed E-state index contributed by atoms with van der Waals surface area (Å²) in [5, 5.41) is 0. The summed E-state index contributed by atoms with van der Waals surface area (Å²) >= 11 is 0. The van der Waals surface area contributed by atoms with Gasteiger partial charge in [-0.2, -0.15) is 0 Å². The van der Waals surface area contributed by atoms with E-state index in [1.165, 1.54) is 0 Å². The fraction of sp³-hybridized carbons (Fsp3) is 0.857. The normalized spacial score (nSPS) is 31.8. The van der Waals surface area contributed by atoms with Gasteiger partial charge in [0.1, 0.15) is 5.92 Å². The molecule has 0 aromatic heterocycles. The number of carbonyl (C=O) groups excluding carboxylic acids is 2. The number of hydrogen-bond donors (Lipinski definition) is 0. The molecule has 2 aliphatic rings. The Kier molecular flexibility index (Phi) is 3.55. The van der Waals surface area contributed by atoms with Gasteiger partial charge in [0.25, 0.3) is 0 Å². The van der Waals surface area contributed by atoms with E-state index in [1.807, 2.05) is 6.92 Å². The van der Waals surface area contributed by atoms with Crippen LogP contribution in [0.1, 0.15) is 52.4 Å². The largest absolute Gasteiger partial charge is 0.465 e. The molecule has 96 valence electrons. The Bertz CT molecular complexity index is 315. The van der Waals surface area contributed by atoms with Crippen LogP contribution in [0.15, 0.2) is 0 Å². The Balaban J connectivity index is 2.18. The van der Waals surface area contributed by atoms with Crippen molar-refractivity contribution in [3.05, 3.63) is 0 Å². The van der Waals surface area contributed by atoms with Crippen molar-refractivity contribution >= 4 is 11.8 Å². The van der Waals surface area contributed by atoms with Gasteiger partial charge in [0.15, 0.2) is 5.78 Å². The lowest BCUT2D eigenvalue weighted by Crippen LogP contribution is -2.45. The third-order valence-electron chi connectivity index (χ3n) is 4.55. The van der Waals surface area contributed by atoms with E-state index in [4.69, 9.17) is 4.74 Å². The second-order valence-corrected chi connectivity index (χ2v) is 5.60. The zero-order valence-electron chi connectivity index (χ0n) is 10.8. The molecule has 0 saturated heterocycles. The first-order chi connectivity index (χ1) is 8.10. The molecule has 2 aliphatic carbocycles. The number of hydrogen-bond acceptors (Lipinski definition) is 3. The molecule has 2 fully saturated rings. The monoisotopic (exact) mass is 238 g/mol. The molecule has 0 aromatic rings. The molecule has 0 aromatic carbocycles. The SMILES string of the molecule is CCOC(=O)[C@@H]1C(=O)C2(CCCC2)CC[C@@H]1C. The average molecular weight is 238 g/mol. The van der Waals surface area contributed by atoms with E-state index in [1.54, 1.807) is 6.92 Å². The van der Waals surface area contributed by atoms with Crippen molar-refractivity contribution in [3.63, 3.8) is 0 Å².